The Labute approximate surface area is 212 Å². The standard InChI is InChI=1S/C25H20F4N4O5/c1-13-3-4-14(2)22(7-13)38-18-9-15(8-16(10-18)33(35)36)30-25(34)21-6-5-17(37-21)12-32-20(24(28)29)11-19(31-32)23(26)27/h3-11,23-24H,12H2,1-2H3,(H,30,34). The number of nitro benzene ring substituents is 1. The average molecular weight is 532 g/mol. The minimum absolute atomic E-state index is 0.000969. The van der Waals surface area contributed by atoms with Crippen LogP contribution in [0.1, 0.15) is 51.7 Å². The number of ether oxygens (including phenoxy) is 1. The highest BCUT2D eigenvalue weighted by atomic mass is 19.3. The molecule has 0 saturated heterocycles. The van der Waals surface area contributed by atoms with Gasteiger partial charge in [-0.15, -0.1) is 0 Å². The molecule has 0 aliphatic carbocycles. The Kier molecular flexibility index (Phi) is 7.46. The van der Waals surface area contributed by atoms with Crippen LogP contribution in [0.3, 0.4) is 0 Å². The predicted octanol–water partition coefficient (Wildman–Crippen LogP) is 6.97. The molecule has 4 aromatic rings. The molecule has 1 N–H and O–H groups in total. The highest BCUT2D eigenvalue weighted by molar-refractivity contribution is 6.02. The molecule has 2 aromatic carbocycles. The molecular weight excluding hydrogens is 512 g/mol. The number of rotatable bonds is 9. The zero-order valence-corrected chi connectivity index (χ0v) is 20.0. The van der Waals surface area contributed by atoms with Crippen molar-refractivity contribution in [2.75, 3.05) is 5.32 Å². The summed E-state index contributed by atoms with van der Waals surface area (Å²) < 4.78 is 64.1. The molecule has 0 radical (unpaired) electrons. The van der Waals surface area contributed by atoms with Crippen molar-refractivity contribution in [2.45, 2.75) is 33.2 Å². The number of amides is 1. The number of non-ortho nitro benzene ring substituents is 1. The molecule has 13 heteroatoms. The highest BCUT2D eigenvalue weighted by Gasteiger charge is 2.22. The summed E-state index contributed by atoms with van der Waals surface area (Å²) >= 11 is 0. The second kappa shape index (κ2) is 10.7. The van der Waals surface area contributed by atoms with Crippen LogP contribution in [0, 0.1) is 24.0 Å². The molecule has 0 aliphatic rings. The molecule has 0 spiro atoms. The van der Waals surface area contributed by atoms with Gasteiger partial charge in [-0.05, 0) is 49.2 Å². The normalized spacial score (nSPS) is 11.3. The molecular formula is C25H20F4N4O5. The lowest BCUT2D eigenvalue weighted by Gasteiger charge is -2.11. The van der Waals surface area contributed by atoms with Gasteiger partial charge in [0.2, 0.25) is 0 Å². The smallest absolute Gasteiger partial charge is 0.291 e. The van der Waals surface area contributed by atoms with Crippen LogP contribution in [-0.2, 0) is 6.54 Å². The second-order valence-electron chi connectivity index (χ2n) is 8.32. The monoisotopic (exact) mass is 532 g/mol. The van der Waals surface area contributed by atoms with Crippen LogP contribution in [0.25, 0.3) is 0 Å². The first kappa shape index (κ1) is 26.4. The number of alkyl halides is 4. The molecule has 2 heterocycles. The number of hydrogen-bond acceptors (Lipinski definition) is 6. The van der Waals surface area contributed by atoms with Crippen molar-refractivity contribution >= 4 is 17.3 Å². The Morgan fingerprint density at radius 3 is 2.53 bits per heavy atom. The summed E-state index contributed by atoms with van der Waals surface area (Å²) in [6, 6.07) is 12.4. The van der Waals surface area contributed by atoms with Gasteiger partial charge >= 0.3 is 0 Å². The average Bonchev–Trinajstić information content (AvgIpc) is 3.49. The molecule has 2 aromatic heterocycles. The Balaban J connectivity index is 1.54. The van der Waals surface area contributed by atoms with Crippen molar-refractivity contribution < 1.29 is 36.4 Å². The SMILES string of the molecule is Cc1ccc(C)c(Oc2cc(NC(=O)c3ccc(Cn4nc(C(F)F)cc4C(F)F)o3)cc([N+](=O)[O-])c2)c1. The lowest BCUT2D eigenvalue weighted by Crippen LogP contribution is -2.11. The Morgan fingerprint density at radius 1 is 1.08 bits per heavy atom. The fourth-order valence-corrected chi connectivity index (χ4v) is 3.55. The quantitative estimate of drug-likeness (QED) is 0.142. The number of aromatic nitrogens is 2. The third kappa shape index (κ3) is 5.99. The van der Waals surface area contributed by atoms with Gasteiger partial charge in [0.15, 0.2) is 5.76 Å². The van der Waals surface area contributed by atoms with Gasteiger partial charge in [-0.2, -0.15) is 5.10 Å². The number of hydrogen-bond donors (Lipinski definition) is 1. The maximum atomic E-state index is 13.2. The second-order valence-corrected chi connectivity index (χ2v) is 8.32. The van der Waals surface area contributed by atoms with Crippen LogP contribution >= 0.6 is 0 Å². The molecule has 38 heavy (non-hydrogen) atoms. The first-order chi connectivity index (χ1) is 18.0. The number of furan rings is 1. The summed E-state index contributed by atoms with van der Waals surface area (Å²) in [5.74, 6) is -0.453. The molecule has 1 amide bonds. The van der Waals surface area contributed by atoms with Crippen LogP contribution in [0.5, 0.6) is 11.5 Å². The Hall–Kier alpha value is -4.68. The van der Waals surface area contributed by atoms with Gasteiger partial charge in [0, 0.05) is 12.1 Å². The van der Waals surface area contributed by atoms with E-state index in [1.54, 1.807) is 6.07 Å². The van der Waals surface area contributed by atoms with Gasteiger partial charge in [-0.1, -0.05) is 12.1 Å². The number of carbonyl (C=O) groups excluding carboxylic acids is 1. The third-order valence-electron chi connectivity index (χ3n) is 5.40. The lowest BCUT2D eigenvalue weighted by atomic mass is 10.1. The topological polar surface area (TPSA) is 112 Å². The molecule has 0 unspecified atom stereocenters. The van der Waals surface area contributed by atoms with Crippen molar-refractivity contribution in [1.82, 2.24) is 9.78 Å². The predicted molar refractivity (Wildman–Crippen MR) is 127 cm³/mol. The van der Waals surface area contributed by atoms with E-state index < -0.39 is 41.6 Å². The van der Waals surface area contributed by atoms with Crippen LogP contribution in [0.4, 0.5) is 28.9 Å². The van der Waals surface area contributed by atoms with Crippen molar-refractivity contribution in [2.24, 2.45) is 0 Å². The van der Waals surface area contributed by atoms with Crippen molar-refractivity contribution in [3.63, 3.8) is 0 Å². The number of aryl methyl sites for hydroxylation is 2. The van der Waals surface area contributed by atoms with Gasteiger partial charge in [0.05, 0.1) is 23.2 Å². The van der Waals surface area contributed by atoms with E-state index in [1.807, 2.05) is 26.0 Å². The number of nitrogens with zero attached hydrogens (tertiary/aromatic N) is 3. The highest BCUT2D eigenvalue weighted by Crippen LogP contribution is 2.32. The van der Waals surface area contributed by atoms with E-state index >= 15 is 0 Å². The maximum Gasteiger partial charge on any atom is 0.291 e. The third-order valence-corrected chi connectivity index (χ3v) is 5.40. The zero-order chi connectivity index (χ0) is 27.6. The Bertz CT molecular complexity index is 1500. The number of nitrogens with one attached hydrogen (secondary N) is 1. The first-order valence-corrected chi connectivity index (χ1v) is 11.1. The number of nitro groups is 1. The van der Waals surface area contributed by atoms with Crippen LogP contribution in [0.2, 0.25) is 0 Å². The zero-order valence-electron chi connectivity index (χ0n) is 20.0. The van der Waals surface area contributed by atoms with E-state index in [0.717, 1.165) is 17.2 Å². The van der Waals surface area contributed by atoms with Crippen LogP contribution < -0.4 is 10.1 Å². The van der Waals surface area contributed by atoms with Gasteiger partial charge in [0.25, 0.3) is 24.4 Å². The fraction of sp³-hybridized carbons (Fsp3) is 0.200. The minimum Gasteiger partial charge on any atom is -0.457 e. The summed E-state index contributed by atoms with van der Waals surface area (Å²) in [6.07, 6.45) is -6.09. The summed E-state index contributed by atoms with van der Waals surface area (Å²) in [6.45, 7) is 3.25. The van der Waals surface area contributed by atoms with Gasteiger partial charge < -0.3 is 14.5 Å². The van der Waals surface area contributed by atoms with Crippen LogP contribution in [-0.4, -0.2) is 20.6 Å². The van der Waals surface area contributed by atoms with E-state index in [1.165, 1.54) is 24.3 Å². The summed E-state index contributed by atoms with van der Waals surface area (Å²) in [5, 5.41) is 17.4. The Morgan fingerprint density at radius 2 is 1.84 bits per heavy atom. The number of anilines is 1. The fourth-order valence-electron chi connectivity index (χ4n) is 3.55. The summed E-state index contributed by atoms with van der Waals surface area (Å²) in [4.78, 5) is 23.5. The summed E-state index contributed by atoms with van der Waals surface area (Å²) in [5.41, 5.74) is -0.125. The number of halogens is 4. The van der Waals surface area contributed by atoms with E-state index in [4.69, 9.17) is 9.15 Å². The number of benzene rings is 2. The van der Waals surface area contributed by atoms with Gasteiger partial charge in [-0.3, -0.25) is 19.6 Å². The van der Waals surface area contributed by atoms with Gasteiger partial charge in [-0.25, -0.2) is 17.6 Å². The molecule has 0 fully saturated rings. The molecule has 0 saturated carbocycles. The summed E-state index contributed by atoms with van der Waals surface area (Å²) in [7, 11) is 0. The van der Waals surface area contributed by atoms with Crippen molar-refractivity contribution in [3.8, 4) is 11.5 Å². The van der Waals surface area contributed by atoms with Gasteiger partial charge in [0.1, 0.15) is 28.6 Å². The molecule has 0 aliphatic heterocycles. The molecule has 9 nitrogen and oxygen atoms in total. The molecule has 198 valence electrons. The van der Waals surface area contributed by atoms with E-state index in [2.05, 4.69) is 10.4 Å². The largest absolute Gasteiger partial charge is 0.457 e. The molecule has 0 atom stereocenters. The minimum atomic E-state index is -3.05. The number of carbonyl (C=O) groups is 1. The first-order valence-electron chi connectivity index (χ1n) is 11.1. The van der Waals surface area contributed by atoms with Crippen LogP contribution in [0.15, 0.2) is 59.0 Å². The van der Waals surface area contributed by atoms with E-state index in [-0.39, 0.29) is 28.6 Å². The van der Waals surface area contributed by atoms with Crippen molar-refractivity contribution in [3.05, 3.63) is 98.7 Å². The van der Waals surface area contributed by atoms with Crippen molar-refractivity contribution in [1.29, 1.82) is 0 Å². The molecule has 4 rings (SSSR count). The van der Waals surface area contributed by atoms with E-state index in [0.29, 0.717) is 16.5 Å². The maximum absolute atomic E-state index is 13.2. The molecule has 0 bridgehead atoms. The van der Waals surface area contributed by atoms with E-state index in [9.17, 15) is 32.5 Å². The lowest BCUT2D eigenvalue weighted by molar-refractivity contribution is -0.384.